The molecular weight excluding hydrogens is 352 g/mol. The molecule has 3 rings (SSSR count). The van der Waals surface area contributed by atoms with E-state index >= 15 is 0 Å². The number of carbonyl (C=O) groups excluding carboxylic acids is 1. The fourth-order valence-corrected chi connectivity index (χ4v) is 3.27. The van der Waals surface area contributed by atoms with E-state index in [1.54, 1.807) is 4.68 Å². The lowest BCUT2D eigenvalue weighted by Gasteiger charge is -2.20. The van der Waals surface area contributed by atoms with Gasteiger partial charge in [-0.1, -0.05) is 12.1 Å². The van der Waals surface area contributed by atoms with Gasteiger partial charge in [-0.25, -0.2) is 0 Å². The van der Waals surface area contributed by atoms with Gasteiger partial charge >= 0.3 is 0 Å². The van der Waals surface area contributed by atoms with E-state index in [-0.39, 0.29) is 36.3 Å². The summed E-state index contributed by atoms with van der Waals surface area (Å²) in [5.74, 6) is 0.994. The number of rotatable bonds is 6. The molecule has 0 bridgehead atoms. The fraction of sp³-hybridized carbons (Fsp3) is 0.474. The lowest BCUT2D eigenvalue weighted by atomic mass is 9.90. The van der Waals surface area contributed by atoms with E-state index in [0.29, 0.717) is 13.1 Å². The van der Waals surface area contributed by atoms with Crippen LogP contribution in [0.5, 0.6) is 5.75 Å². The van der Waals surface area contributed by atoms with Crippen LogP contribution in [0.3, 0.4) is 0 Å². The molecule has 2 heterocycles. The van der Waals surface area contributed by atoms with Crippen molar-refractivity contribution in [1.82, 2.24) is 20.4 Å². The van der Waals surface area contributed by atoms with Crippen molar-refractivity contribution in [3.63, 3.8) is 0 Å². The summed E-state index contributed by atoms with van der Waals surface area (Å²) >= 11 is 0. The molecule has 7 heteroatoms. The summed E-state index contributed by atoms with van der Waals surface area (Å²) in [5.41, 5.74) is 2.27. The maximum atomic E-state index is 12.6. The Morgan fingerprint density at radius 1 is 1.46 bits per heavy atom. The summed E-state index contributed by atoms with van der Waals surface area (Å²) in [6.45, 7) is 5.99. The quantitative estimate of drug-likeness (QED) is 0.807. The number of aryl methyl sites for hydroxylation is 2. The summed E-state index contributed by atoms with van der Waals surface area (Å²) in [7, 11) is 1.89. The van der Waals surface area contributed by atoms with Crippen LogP contribution in [0.15, 0.2) is 36.7 Å². The molecule has 0 aliphatic carbocycles. The molecule has 1 aromatic carbocycles. The monoisotopic (exact) mass is 378 g/mol. The van der Waals surface area contributed by atoms with Crippen molar-refractivity contribution in [2.24, 2.45) is 13.0 Å². The molecule has 1 aliphatic heterocycles. The van der Waals surface area contributed by atoms with Crippen molar-refractivity contribution in [2.45, 2.75) is 25.9 Å². The zero-order valence-corrected chi connectivity index (χ0v) is 16.3. The molecule has 0 radical (unpaired) electrons. The fourth-order valence-electron chi connectivity index (χ4n) is 3.27. The Morgan fingerprint density at radius 2 is 2.27 bits per heavy atom. The Hall–Kier alpha value is -2.05. The maximum Gasteiger partial charge on any atom is 0.225 e. The number of nitrogens with zero attached hydrogens (tertiary/aromatic N) is 2. The Morgan fingerprint density at radius 3 is 2.96 bits per heavy atom. The second-order valence-corrected chi connectivity index (χ2v) is 6.81. The number of hydrogen-bond donors (Lipinski definition) is 2. The highest BCUT2D eigenvalue weighted by atomic mass is 35.5. The summed E-state index contributed by atoms with van der Waals surface area (Å²) < 4.78 is 7.66. The Kier molecular flexibility index (Phi) is 7.06. The first kappa shape index (κ1) is 20.3. The number of ether oxygens (including phenoxy) is 1. The van der Waals surface area contributed by atoms with Gasteiger partial charge in [-0.2, -0.15) is 5.10 Å². The van der Waals surface area contributed by atoms with Crippen molar-refractivity contribution < 1.29 is 9.53 Å². The van der Waals surface area contributed by atoms with E-state index in [2.05, 4.69) is 15.7 Å². The van der Waals surface area contributed by atoms with Gasteiger partial charge in [0, 0.05) is 32.3 Å². The minimum Gasteiger partial charge on any atom is -0.489 e. The van der Waals surface area contributed by atoms with Gasteiger partial charge in [0.2, 0.25) is 5.91 Å². The molecule has 3 atom stereocenters. The number of aromatic nitrogens is 2. The van der Waals surface area contributed by atoms with Gasteiger partial charge in [-0.3, -0.25) is 9.48 Å². The molecule has 1 unspecified atom stereocenters. The SMILES string of the molecule is Cc1cccc(OC(C)CNC(=O)[C@H]2CNC[C@@H]2c2cnn(C)c2)c1.Cl. The van der Waals surface area contributed by atoms with Crippen molar-refractivity contribution in [2.75, 3.05) is 19.6 Å². The molecule has 6 nitrogen and oxygen atoms in total. The second-order valence-electron chi connectivity index (χ2n) is 6.81. The molecule has 1 amide bonds. The third kappa shape index (κ3) is 4.99. The topological polar surface area (TPSA) is 68.2 Å². The van der Waals surface area contributed by atoms with E-state index < -0.39 is 0 Å². The van der Waals surface area contributed by atoms with Crippen molar-refractivity contribution in [3.8, 4) is 5.75 Å². The van der Waals surface area contributed by atoms with Gasteiger partial charge in [0.05, 0.1) is 18.7 Å². The van der Waals surface area contributed by atoms with E-state index in [1.165, 1.54) is 0 Å². The van der Waals surface area contributed by atoms with Crippen molar-refractivity contribution in [3.05, 3.63) is 47.8 Å². The first-order chi connectivity index (χ1) is 12.0. The number of hydrogen-bond acceptors (Lipinski definition) is 4. The Bertz CT molecular complexity index is 734. The van der Waals surface area contributed by atoms with Gasteiger partial charge in [-0.05, 0) is 37.1 Å². The molecule has 0 spiro atoms. The van der Waals surface area contributed by atoms with Crippen LogP contribution in [0.25, 0.3) is 0 Å². The van der Waals surface area contributed by atoms with Crippen LogP contribution in [0.1, 0.15) is 24.0 Å². The first-order valence-electron chi connectivity index (χ1n) is 8.73. The minimum atomic E-state index is -0.0862. The van der Waals surface area contributed by atoms with Crippen molar-refractivity contribution >= 4 is 18.3 Å². The summed E-state index contributed by atoms with van der Waals surface area (Å²) in [6, 6.07) is 7.94. The van der Waals surface area contributed by atoms with E-state index in [1.807, 2.05) is 57.6 Å². The number of amides is 1. The minimum absolute atomic E-state index is 0. The predicted octanol–water partition coefficient (Wildman–Crippen LogP) is 2.04. The number of benzene rings is 1. The van der Waals surface area contributed by atoms with Gasteiger partial charge in [-0.15, -0.1) is 12.4 Å². The molecule has 2 aromatic rings. The first-order valence-corrected chi connectivity index (χ1v) is 8.73. The molecule has 1 fully saturated rings. The van der Waals surface area contributed by atoms with Crippen LogP contribution >= 0.6 is 12.4 Å². The normalized spacial score (nSPS) is 20.3. The molecule has 0 saturated carbocycles. The predicted molar refractivity (Wildman–Crippen MR) is 104 cm³/mol. The van der Waals surface area contributed by atoms with E-state index in [4.69, 9.17) is 4.74 Å². The number of carbonyl (C=O) groups is 1. The van der Waals surface area contributed by atoms with Crippen LogP contribution in [0.4, 0.5) is 0 Å². The summed E-state index contributed by atoms with van der Waals surface area (Å²) in [6.07, 6.45) is 3.75. The highest BCUT2D eigenvalue weighted by Gasteiger charge is 2.34. The average molecular weight is 379 g/mol. The van der Waals surface area contributed by atoms with Crippen molar-refractivity contribution in [1.29, 1.82) is 0 Å². The second kappa shape index (κ2) is 9.05. The van der Waals surface area contributed by atoms with E-state index in [9.17, 15) is 4.79 Å². The molecule has 142 valence electrons. The van der Waals surface area contributed by atoms with Crippen LogP contribution in [0.2, 0.25) is 0 Å². The van der Waals surface area contributed by atoms with Crippen LogP contribution in [-0.4, -0.2) is 41.4 Å². The molecule has 2 N–H and O–H groups in total. The largest absolute Gasteiger partial charge is 0.489 e. The van der Waals surface area contributed by atoms with E-state index in [0.717, 1.165) is 23.4 Å². The van der Waals surface area contributed by atoms with Gasteiger partial charge in [0.15, 0.2) is 0 Å². The van der Waals surface area contributed by atoms with Crippen LogP contribution < -0.4 is 15.4 Å². The zero-order valence-electron chi connectivity index (χ0n) is 15.4. The third-order valence-electron chi connectivity index (χ3n) is 4.59. The molecule has 26 heavy (non-hydrogen) atoms. The Labute approximate surface area is 160 Å². The lowest BCUT2D eigenvalue weighted by Crippen LogP contribution is -2.39. The van der Waals surface area contributed by atoms with Crippen LogP contribution in [0, 0.1) is 12.8 Å². The smallest absolute Gasteiger partial charge is 0.225 e. The average Bonchev–Trinajstić information content (AvgIpc) is 3.21. The molecule has 1 aromatic heterocycles. The van der Waals surface area contributed by atoms with Crippen LogP contribution in [-0.2, 0) is 11.8 Å². The van der Waals surface area contributed by atoms with Gasteiger partial charge in [0.25, 0.3) is 0 Å². The number of halogens is 1. The van der Waals surface area contributed by atoms with Gasteiger partial charge in [0.1, 0.15) is 11.9 Å². The highest BCUT2D eigenvalue weighted by Crippen LogP contribution is 2.27. The Balaban J connectivity index is 0.00000243. The highest BCUT2D eigenvalue weighted by molar-refractivity contribution is 5.85. The molecular formula is C19H27ClN4O2. The maximum absolute atomic E-state index is 12.6. The summed E-state index contributed by atoms with van der Waals surface area (Å²) in [4.78, 5) is 12.6. The molecule has 1 aliphatic rings. The lowest BCUT2D eigenvalue weighted by molar-refractivity contribution is -0.125. The van der Waals surface area contributed by atoms with Gasteiger partial charge < -0.3 is 15.4 Å². The standard InChI is InChI=1S/C19H26N4O2.ClH/c1-13-5-4-6-16(7-13)25-14(2)8-21-19(24)18-11-20-10-17(18)15-9-22-23(3)12-15;/h4-7,9,12,14,17-18,20H,8,10-11H2,1-3H3,(H,21,24);1H/t14?,17-,18+;/m1./s1. The zero-order chi connectivity index (χ0) is 17.8. The number of nitrogens with one attached hydrogen (secondary N) is 2. The third-order valence-corrected chi connectivity index (χ3v) is 4.59. The summed E-state index contributed by atoms with van der Waals surface area (Å²) in [5, 5.41) is 10.6. The molecule has 1 saturated heterocycles.